The molecule has 0 saturated carbocycles. The predicted molar refractivity (Wildman–Crippen MR) is 87.2 cm³/mol. The average molecular weight is 358 g/mol. The van der Waals surface area contributed by atoms with Crippen LogP contribution in [0.2, 0.25) is 0 Å². The van der Waals surface area contributed by atoms with Crippen molar-refractivity contribution in [2.45, 2.75) is 57.3 Å². The van der Waals surface area contributed by atoms with E-state index in [4.69, 9.17) is 10.8 Å². The number of rotatable bonds is 9. The smallest absolute Gasteiger partial charge is 0.326 e. The Balaban J connectivity index is 2.47. The molecule has 10 heteroatoms. The number of amides is 3. The van der Waals surface area contributed by atoms with Crippen LogP contribution in [0.4, 0.5) is 0 Å². The number of hydrogen-bond donors (Lipinski definition) is 6. The van der Waals surface area contributed by atoms with E-state index in [0.717, 1.165) is 0 Å². The number of carbonyl (C=O) groups excluding carboxylic acids is 3. The summed E-state index contributed by atoms with van der Waals surface area (Å²) in [6.07, 6.45) is 0.0935. The van der Waals surface area contributed by atoms with Gasteiger partial charge in [0.05, 0.1) is 12.6 Å². The number of carboxylic acid groups (broad SMARTS) is 1. The van der Waals surface area contributed by atoms with Crippen LogP contribution in [0.5, 0.6) is 0 Å². The van der Waals surface area contributed by atoms with Gasteiger partial charge in [-0.05, 0) is 25.7 Å². The van der Waals surface area contributed by atoms with Crippen LogP contribution in [0.1, 0.15) is 33.6 Å². The summed E-state index contributed by atoms with van der Waals surface area (Å²) in [4.78, 5) is 46.3. The molecule has 1 rings (SSSR count). The molecule has 0 aromatic heterocycles. The van der Waals surface area contributed by atoms with Crippen molar-refractivity contribution < 1.29 is 29.4 Å². The number of aliphatic hydroxyl groups is 1. The van der Waals surface area contributed by atoms with Gasteiger partial charge in [-0.25, -0.2) is 4.79 Å². The largest absolute Gasteiger partial charge is 0.480 e. The Kier molecular flexibility index (Phi) is 6.88. The Morgan fingerprint density at radius 3 is 2.24 bits per heavy atom. The molecular formula is C15H26N4O6. The van der Waals surface area contributed by atoms with Gasteiger partial charge in [0, 0.05) is 0 Å². The SMILES string of the molecule is CC(NC(=O)C(N)CCC1(O)CNC1=O)C(=O)NC(C(=O)O)C(C)C. The molecule has 25 heavy (non-hydrogen) atoms. The molecular weight excluding hydrogens is 332 g/mol. The fourth-order valence-electron chi connectivity index (χ4n) is 2.27. The summed E-state index contributed by atoms with van der Waals surface area (Å²) in [5, 5.41) is 26.1. The number of carboxylic acids is 1. The average Bonchev–Trinajstić information content (AvgIpc) is 2.54. The first kappa shape index (κ1) is 20.8. The van der Waals surface area contributed by atoms with Gasteiger partial charge in [0.15, 0.2) is 5.60 Å². The van der Waals surface area contributed by atoms with E-state index in [-0.39, 0.29) is 25.3 Å². The predicted octanol–water partition coefficient (Wildman–Crippen LogP) is -2.32. The minimum atomic E-state index is -1.49. The third kappa shape index (κ3) is 5.40. The molecule has 7 N–H and O–H groups in total. The fourth-order valence-corrected chi connectivity index (χ4v) is 2.27. The van der Waals surface area contributed by atoms with Gasteiger partial charge in [-0.1, -0.05) is 13.8 Å². The highest BCUT2D eigenvalue weighted by Crippen LogP contribution is 2.19. The maximum atomic E-state index is 12.0. The molecule has 142 valence electrons. The lowest BCUT2D eigenvalue weighted by Crippen LogP contribution is -2.65. The monoisotopic (exact) mass is 358 g/mol. The second-order valence-corrected chi connectivity index (χ2v) is 6.66. The molecule has 1 aliphatic rings. The number of hydrogen-bond acceptors (Lipinski definition) is 6. The molecule has 0 aromatic rings. The zero-order valence-electron chi connectivity index (χ0n) is 14.5. The first-order valence-corrected chi connectivity index (χ1v) is 8.07. The van der Waals surface area contributed by atoms with Crippen LogP contribution >= 0.6 is 0 Å². The molecule has 1 aliphatic heterocycles. The van der Waals surface area contributed by atoms with Gasteiger partial charge in [0.2, 0.25) is 11.8 Å². The summed E-state index contributed by atoms with van der Waals surface area (Å²) in [5.41, 5.74) is 4.22. The van der Waals surface area contributed by atoms with Crippen molar-refractivity contribution in [3.63, 3.8) is 0 Å². The molecule has 1 heterocycles. The second kappa shape index (κ2) is 8.26. The van der Waals surface area contributed by atoms with Gasteiger partial charge < -0.3 is 31.9 Å². The van der Waals surface area contributed by atoms with Crippen molar-refractivity contribution in [2.24, 2.45) is 11.7 Å². The molecule has 0 bridgehead atoms. The molecule has 0 aliphatic carbocycles. The highest BCUT2D eigenvalue weighted by molar-refractivity contribution is 5.92. The Bertz CT molecular complexity index is 552. The van der Waals surface area contributed by atoms with Crippen LogP contribution in [0.25, 0.3) is 0 Å². The number of β-lactam (4-membered cyclic amide) rings is 1. The first-order valence-electron chi connectivity index (χ1n) is 8.07. The Hall–Kier alpha value is -2.20. The lowest BCUT2D eigenvalue weighted by atomic mass is 9.88. The van der Waals surface area contributed by atoms with Gasteiger partial charge in [0.25, 0.3) is 5.91 Å². The van der Waals surface area contributed by atoms with E-state index in [9.17, 15) is 24.3 Å². The van der Waals surface area contributed by atoms with E-state index in [1.54, 1.807) is 13.8 Å². The van der Waals surface area contributed by atoms with Crippen molar-refractivity contribution >= 4 is 23.7 Å². The Labute approximate surface area is 145 Å². The van der Waals surface area contributed by atoms with Gasteiger partial charge in [-0.3, -0.25) is 14.4 Å². The quantitative estimate of drug-likeness (QED) is 0.251. The molecule has 0 spiro atoms. The second-order valence-electron chi connectivity index (χ2n) is 6.66. The number of aliphatic carboxylic acids is 1. The molecule has 10 nitrogen and oxygen atoms in total. The lowest BCUT2D eigenvalue weighted by Gasteiger charge is -2.36. The number of nitrogens with two attached hydrogens (primary N) is 1. The van der Waals surface area contributed by atoms with Crippen LogP contribution < -0.4 is 21.7 Å². The summed E-state index contributed by atoms with van der Waals surface area (Å²) >= 11 is 0. The van der Waals surface area contributed by atoms with E-state index in [1.165, 1.54) is 6.92 Å². The molecule has 4 atom stereocenters. The van der Waals surface area contributed by atoms with Gasteiger partial charge in [0.1, 0.15) is 12.1 Å². The van der Waals surface area contributed by atoms with Crippen molar-refractivity contribution in [3.05, 3.63) is 0 Å². The third-order valence-electron chi connectivity index (χ3n) is 4.15. The molecule has 1 fully saturated rings. The summed E-state index contributed by atoms with van der Waals surface area (Å²) in [6.45, 7) is 4.83. The topological polar surface area (TPSA) is 171 Å². The van der Waals surface area contributed by atoms with Crippen LogP contribution in [0.3, 0.4) is 0 Å². The normalized spacial score (nSPS) is 23.0. The van der Waals surface area contributed by atoms with Gasteiger partial charge >= 0.3 is 5.97 Å². The first-order chi connectivity index (χ1) is 11.5. The van der Waals surface area contributed by atoms with Crippen molar-refractivity contribution in [2.75, 3.05) is 6.54 Å². The summed E-state index contributed by atoms with van der Waals surface area (Å²) in [6, 6.07) is -3.05. The van der Waals surface area contributed by atoms with E-state index in [2.05, 4.69) is 16.0 Å². The molecule has 1 saturated heterocycles. The Morgan fingerprint density at radius 1 is 1.24 bits per heavy atom. The van der Waals surface area contributed by atoms with E-state index < -0.39 is 47.4 Å². The molecule has 4 unspecified atom stereocenters. The van der Waals surface area contributed by atoms with Crippen molar-refractivity contribution in [1.82, 2.24) is 16.0 Å². The summed E-state index contributed by atoms with van der Waals surface area (Å²) in [5.74, 6) is -3.24. The maximum Gasteiger partial charge on any atom is 0.326 e. The third-order valence-corrected chi connectivity index (χ3v) is 4.15. The summed E-state index contributed by atoms with van der Waals surface area (Å²) < 4.78 is 0. The molecule has 0 radical (unpaired) electrons. The summed E-state index contributed by atoms with van der Waals surface area (Å²) in [7, 11) is 0. The number of carbonyl (C=O) groups is 4. The van der Waals surface area contributed by atoms with Crippen LogP contribution in [-0.2, 0) is 19.2 Å². The van der Waals surface area contributed by atoms with Crippen molar-refractivity contribution in [1.29, 1.82) is 0 Å². The molecule has 3 amide bonds. The van der Waals surface area contributed by atoms with E-state index >= 15 is 0 Å². The van der Waals surface area contributed by atoms with Crippen LogP contribution in [-0.4, -0.2) is 64.2 Å². The van der Waals surface area contributed by atoms with Crippen molar-refractivity contribution in [3.8, 4) is 0 Å². The number of nitrogens with one attached hydrogen (secondary N) is 3. The number of β-amino-alcohol motifs (C(OH)–C–C–N with tert-alkyl or cyclic N) is 1. The van der Waals surface area contributed by atoms with E-state index in [1.807, 2.05) is 0 Å². The maximum absolute atomic E-state index is 12.0. The van der Waals surface area contributed by atoms with Crippen LogP contribution in [0, 0.1) is 5.92 Å². The standard InChI is InChI=1S/C15H26N4O6/c1-7(2)10(13(22)23)19-11(20)8(3)18-12(21)9(16)4-5-15(25)6-17-14(15)24/h7-10,25H,4-6,16H2,1-3H3,(H,17,24)(H,18,21)(H,19,20)(H,22,23). The zero-order valence-corrected chi connectivity index (χ0v) is 14.5. The van der Waals surface area contributed by atoms with E-state index in [0.29, 0.717) is 0 Å². The highest BCUT2D eigenvalue weighted by atomic mass is 16.4. The van der Waals surface area contributed by atoms with Crippen LogP contribution in [0.15, 0.2) is 0 Å². The zero-order chi connectivity index (χ0) is 19.4. The highest BCUT2D eigenvalue weighted by Gasteiger charge is 2.44. The fraction of sp³-hybridized carbons (Fsp3) is 0.733. The lowest BCUT2D eigenvalue weighted by molar-refractivity contribution is -0.153. The minimum absolute atomic E-state index is 0.0302. The minimum Gasteiger partial charge on any atom is -0.480 e. The molecule has 0 aromatic carbocycles. The van der Waals surface area contributed by atoms with Gasteiger partial charge in [-0.2, -0.15) is 0 Å². The van der Waals surface area contributed by atoms with Gasteiger partial charge in [-0.15, -0.1) is 0 Å². The Morgan fingerprint density at radius 2 is 1.84 bits per heavy atom.